The van der Waals surface area contributed by atoms with Crippen molar-refractivity contribution in [2.75, 3.05) is 12.9 Å². The Labute approximate surface area is 123 Å². The molecule has 0 aliphatic rings. The number of aromatic carboxylic acids is 1. The van der Waals surface area contributed by atoms with Crippen LogP contribution in [0.1, 0.15) is 22.8 Å². The fraction of sp³-hybridized carbons (Fsp3) is 0.250. The summed E-state index contributed by atoms with van der Waals surface area (Å²) in [5.74, 6) is -1.62. The van der Waals surface area contributed by atoms with Gasteiger partial charge in [-0.2, -0.15) is 0 Å². The second-order valence-corrected chi connectivity index (χ2v) is 4.94. The number of aromatic nitrogens is 1. The van der Waals surface area contributed by atoms with E-state index in [0.29, 0.717) is 15.1 Å². The van der Waals surface area contributed by atoms with Crippen LogP contribution in [0.5, 0.6) is 0 Å². The molecule has 1 heterocycles. The summed E-state index contributed by atoms with van der Waals surface area (Å²) < 4.78 is 5.25. The van der Waals surface area contributed by atoms with Crippen LogP contribution in [-0.2, 0) is 9.53 Å². The minimum Gasteiger partial charge on any atom is -0.478 e. The summed E-state index contributed by atoms with van der Waals surface area (Å²) in [6.07, 6.45) is 5.84. The van der Waals surface area contributed by atoms with Crippen LogP contribution in [0, 0.1) is 0 Å². The van der Waals surface area contributed by atoms with E-state index in [-0.39, 0.29) is 12.2 Å². The second-order valence-electron chi connectivity index (χ2n) is 3.29. The van der Waals surface area contributed by atoms with Gasteiger partial charge in [-0.1, -0.05) is 0 Å². The lowest BCUT2D eigenvalue weighted by Crippen LogP contribution is -2.05. The van der Waals surface area contributed by atoms with Gasteiger partial charge in [-0.05, 0) is 35.2 Å². The predicted molar refractivity (Wildman–Crippen MR) is 76.3 cm³/mol. The van der Waals surface area contributed by atoms with Crippen molar-refractivity contribution in [3.05, 3.63) is 27.9 Å². The van der Waals surface area contributed by atoms with Crippen molar-refractivity contribution in [1.82, 2.24) is 4.98 Å². The summed E-state index contributed by atoms with van der Waals surface area (Å²) in [6, 6.07) is 0. The molecule has 1 rings (SSSR count). The van der Waals surface area contributed by atoms with E-state index in [0.717, 1.165) is 0 Å². The predicted octanol–water partition coefficient (Wildman–Crippen LogP) is 2.84. The Morgan fingerprint density at radius 3 is 2.79 bits per heavy atom. The molecule has 0 atom stereocenters. The number of rotatable bonds is 5. The summed E-state index contributed by atoms with van der Waals surface area (Å²) >= 11 is 4.46. The van der Waals surface area contributed by atoms with Crippen LogP contribution in [0.3, 0.4) is 0 Å². The fourth-order valence-electron chi connectivity index (χ4n) is 1.35. The molecule has 1 N–H and O–H groups in total. The zero-order valence-electron chi connectivity index (χ0n) is 10.3. The number of nitrogens with zero attached hydrogens (tertiary/aromatic N) is 1. The zero-order valence-corrected chi connectivity index (χ0v) is 12.7. The van der Waals surface area contributed by atoms with Crippen LogP contribution in [0.25, 0.3) is 6.08 Å². The molecule has 0 saturated carbocycles. The lowest BCUT2D eigenvalue weighted by Gasteiger charge is -2.08. The van der Waals surface area contributed by atoms with Gasteiger partial charge in [0.25, 0.3) is 0 Å². The maximum atomic E-state index is 11.3. The minimum absolute atomic E-state index is 0.0578. The summed E-state index contributed by atoms with van der Waals surface area (Å²) in [5, 5.41) is 9.63. The minimum atomic E-state index is -1.10. The molecule has 0 fully saturated rings. The van der Waals surface area contributed by atoms with Gasteiger partial charge in [-0.15, -0.1) is 11.8 Å². The Morgan fingerprint density at radius 2 is 2.26 bits per heavy atom. The molecule has 1 aromatic rings. The van der Waals surface area contributed by atoms with Crippen molar-refractivity contribution in [3.63, 3.8) is 0 Å². The van der Waals surface area contributed by atoms with E-state index in [9.17, 15) is 14.7 Å². The molecule has 0 radical (unpaired) electrons. The first-order valence-corrected chi connectivity index (χ1v) is 7.33. The highest BCUT2D eigenvalue weighted by Crippen LogP contribution is 2.28. The Morgan fingerprint density at radius 1 is 1.58 bits per heavy atom. The number of ether oxygens (including phenoxy) is 1. The van der Waals surface area contributed by atoms with Crippen molar-refractivity contribution in [3.8, 4) is 0 Å². The molecular formula is C12H12BrNO4S. The van der Waals surface area contributed by atoms with Crippen LogP contribution in [0.4, 0.5) is 0 Å². The monoisotopic (exact) mass is 345 g/mol. The first-order valence-electron chi connectivity index (χ1n) is 5.31. The summed E-state index contributed by atoms with van der Waals surface area (Å²) in [5.41, 5.74) is 0.447. The average molecular weight is 346 g/mol. The molecule has 19 heavy (non-hydrogen) atoms. The molecule has 102 valence electrons. The molecule has 0 spiro atoms. The Bertz CT molecular complexity index is 531. The first-order chi connectivity index (χ1) is 9.01. The van der Waals surface area contributed by atoms with Gasteiger partial charge in [0.2, 0.25) is 0 Å². The van der Waals surface area contributed by atoms with Crippen molar-refractivity contribution in [2.45, 2.75) is 11.9 Å². The average Bonchev–Trinajstić information content (AvgIpc) is 2.37. The molecule has 0 amide bonds. The lowest BCUT2D eigenvalue weighted by atomic mass is 10.1. The molecule has 0 aliphatic heterocycles. The quantitative estimate of drug-likeness (QED) is 0.502. The van der Waals surface area contributed by atoms with E-state index in [2.05, 4.69) is 20.9 Å². The van der Waals surface area contributed by atoms with E-state index >= 15 is 0 Å². The van der Waals surface area contributed by atoms with Crippen LogP contribution in [0.2, 0.25) is 0 Å². The molecule has 1 aromatic heterocycles. The van der Waals surface area contributed by atoms with Gasteiger partial charge >= 0.3 is 11.9 Å². The SMILES string of the molecule is CCOC(=O)/C=C/c1c(Br)cnc(SC)c1C(=O)O. The molecule has 0 unspecified atom stereocenters. The van der Waals surface area contributed by atoms with Crippen molar-refractivity contribution < 1.29 is 19.4 Å². The molecule has 7 heteroatoms. The van der Waals surface area contributed by atoms with E-state index in [1.54, 1.807) is 13.2 Å². The van der Waals surface area contributed by atoms with Gasteiger partial charge in [0.1, 0.15) is 10.6 Å². The Hall–Kier alpha value is -1.34. The largest absolute Gasteiger partial charge is 0.478 e. The first kappa shape index (κ1) is 15.7. The van der Waals surface area contributed by atoms with Crippen molar-refractivity contribution in [2.24, 2.45) is 0 Å². The highest BCUT2D eigenvalue weighted by Gasteiger charge is 2.17. The Balaban J connectivity index is 3.25. The van der Waals surface area contributed by atoms with E-state index < -0.39 is 11.9 Å². The third-order valence-corrected chi connectivity index (χ3v) is 3.44. The molecule has 5 nitrogen and oxygen atoms in total. The van der Waals surface area contributed by atoms with Gasteiger partial charge in [0.05, 0.1) is 6.61 Å². The van der Waals surface area contributed by atoms with E-state index in [1.807, 2.05) is 0 Å². The fourth-order valence-corrected chi connectivity index (χ4v) is 2.34. The molecule has 0 aliphatic carbocycles. The number of hydrogen-bond donors (Lipinski definition) is 1. The number of carboxylic acids is 1. The van der Waals surface area contributed by atoms with Crippen LogP contribution in [-0.4, -0.2) is 34.9 Å². The molecule has 0 bridgehead atoms. The van der Waals surface area contributed by atoms with Gasteiger partial charge < -0.3 is 9.84 Å². The third kappa shape index (κ3) is 4.07. The molecular weight excluding hydrogens is 334 g/mol. The number of pyridine rings is 1. The summed E-state index contributed by atoms with van der Waals surface area (Å²) in [6.45, 7) is 1.96. The standard InChI is InChI=1S/C12H12BrNO4S/c1-3-18-9(15)5-4-7-8(13)6-14-11(19-2)10(7)12(16)17/h4-6H,3H2,1-2H3,(H,16,17)/b5-4+. The second kappa shape index (κ2) is 7.30. The smallest absolute Gasteiger partial charge is 0.339 e. The third-order valence-electron chi connectivity index (χ3n) is 2.12. The van der Waals surface area contributed by atoms with Gasteiger partial charge in [-0.25, -0.2) is 14.6 Å². The van der Waals surface area contributed by atoms with E-state index in [4.69, 9.17) is 4.74 Å². The highest BCUT2D eigenvalue weighted by atomic mass is 79.9. The molecule has 0 aromatic carbocycles. The zero-order chi connectivity index (χ0) is 14.4. The summed E-state index contributed by atoms with van der Waals surface area (Å²) in [7, 11) is 0. The normalized spacial score (nSPS) is 10.7. The number of carbonyl (C=O) groups is 2. The van der Waals surface area contributed by atoms with Crippen LogP contribution >= 0.6 is 27.7 Å². The molecule has 0 saturated heterocycles. The van der Waals surface area contributed by atoms with Crippen molar-refractivity contribution in [1.29, 1.82) is 0 Å². The summed E-state index contributed by atoms with van der Waals surface area (Å²) in [4.78, 5) is 26.6. The lowest BCUT2D eigenvalue weighted by molar-refractivity contribution is -0.137. The number of esters is 1. The number of halogens is 1. The van der Waals surface area contributed by atoms with Gasteiger partial charge in [0.15, 0.2) is 0 Å². The number of hydrogen-bond acceptors (Lipinski definition) is 5. The number of thioether (sulfide) groups is 1. The van der Waals surface area contributed by atoms with Gasteiger partial charge in [-0.3, -0.25) is 0 Å². The Kier molecular flexibility index (Phi) is 6.04. The van der Waals surface area contributed by atoms with Crippen LogP contribution in [0.15, 0.2) is 21.8 Å². The van der Waals surface area contributed by atoms with E-state index in [1.165, 1.54) is 30.1 Å². The topological polar surface area (TPSA) is 76.5 Å². The maximum Gasteiger partial charge on any atom is 0.339 e. The van der Waals surface area contributed by atoms with Gasteiger partial charge in [0, 0.05) is 22.3 Å². The highest BCUT2D eigenvalue weighted by molar-refractivity contribution is 9.10. The van der Waals surface area contributed by atoms with Crippen LogP contribution < -0.4 is 0 Å². The number of carbonyl (C=O) groups excluding carboxylic acids is 1. The van der Waals surface area contributed by atoms with Crippen molar-refractivity contribution >= 4 is 45.7 Å². The maximum absolute atomic E-state index is 11.3. The number of carboxylic acid groups (broad SMARTS) is 1.